The van der Waals surface area contributed by atoms with Crippen molar-refractivity contribution < 1.29 is 14.7 Å². The highest BCUT2D eigenvalue weighted by molar-refractivity contribution is 6.10. The van der Waals surface area contributed by atoms with E-state index in [1.165, 1.54) is 5.56 Å². The normalized spacial score (nSPS) is 17.6. The number of fused-ring (bicyclic) bond motifs is 1. The fraction of sp³-hybridized carbons (Fsp3) is 0.259. The number of ketones is 1. The van der Waals surface area contributed by atoms with Crippen molar-refractivity contribution in [2.45, 2.75) is 45.3 Å². The third-order valence-electron chi connectivity index (χ3n) is 5.93. The van der Waals surface area contributed by atoms with Crippen molar-refractivity contribution in [3.8, 4) is 0 Å². The van der Waals surface area contributed by atoms with Gasteiger partial charge in [-0.2, -0.15) is 0 Å². The van der Waals surface area contributed by atoms with E-state index in [-0.39, 0.29) is 12.2 Å². The molecule has 0 radical (unpaired) electrons. The first-order valence-corrected chi connectivity index (χ1v) is 10.7. The molecule has 1 N–H and O–H groups in total. The molecule has 4 heteroatoms. The summed E-state index contributed by atoms with van der Waals surface area (Å²) in [5, 5.41) is 11.5. The van der Waals surface area contributed by atoms with Crippen molar-refractivity contribution >= 4 is 17.4 Å². The van der Waals surface area contributed by atoms with Crippen molar-refractivity contribution in [2.24, 2.45) is 0 Å². The Labute approximate surface area is 183 Å². The molecule has 1 aliphatic rings. The Kier molecular flexibility index (Phi) is 5.75. The van der Waals surface area contributed by atoms with Gasteiger partial charge in [0.15, 0.2) is 11.4 Å². The van der Waals surface area contributed by atoms with E-state index in [9.17, 15) is 14.7 Å². The quantitative estimate of drug-likeness (QED) is 0.557. The van der Waals surface area contributed by atoms with E-state index >= 15 is 0 Å². The van der Waals surface area contributed by atoms with Crippen LogP contribution in [-0.2, 0) is 23.4 Å². The van der Waals surface area contributed by atoms with E-state index in [4.69, 9.17) is 0 Å². The SMILES string of the molecule is CCCc1ccc(C(=O)CC2(O)C(=O)N(Cc3ccc(C)cc3)c3ccccc32)cc1. The lowest BCUT2D eigenvalue weighted by atomic mass is 9.88. The van der Waals surface area contributed by atoms with Gasteiger partial charge >= 0.3 is 0 Å². The van der Waals surface area contributed by atoms with Crippen LogP contribution in [0.15, 0.2) is 72.8 Å². The second kappa shape index (κ2) is 8.48. The number of nitrogens with zero attached hydrogens (tertiary/aromatic N) is 1. The highest BCUT2D eigenvalue weighted by atomic mass is 16.3. The molecule has 1 unspecified atom stereocenters. The smallest absolute Gasteiger partial charge is 0.264 e. The van der Waals surface area contributed by atoms with Crippen LogP contribution in [0.1, 0.15) is 52.4 Å². The fourth-order valence-electron chi connectivity index (χ4n) is 4.19. The summed E-state index contributed by atoms with van der Waals surface area (Å²) in [6, 6.07) is 22.6. The van der Waals surface area contributed by atoms with Crippen LogP contribution in [0.5, 0.6) is 0 Å². The van der Waals surface area contributed by atoms with E-state index in [1.807, 2.05) is 55.5 Å². The number of benzene rings is 3. The van der Waals surface area contributed by atoms with Crippen LogP contribution >= 0.6 is 0 Å². The summed E-state index contributed by atoms with van der Waals surface area (Å²) in [5.41, 5.74) is 3.07. The predicted octanol–water partition coefficient (Wildman–Crippen LogP) is 4.95. The maximum Gasteiger partial charge on any atom is 0.264 e. The maximum atomic E-state index is 13.4. The van der Waals surface area contributed by atoms with Gasteiger partial charge < -0.3 is 10.0 Å². The van der Waals surface area contributed by atoms with E-state index in [1.54, 1.807) is 29.2 Å². The van der Waals surface area contributed by atoms with Gasteiger partial charge in [0.1, 0.15) is 0 Å². The lowest BCUT2D eigenvalue weighted by Crippen LogP contribution is -2.41. The first kappa shape index (κ1) is 21.0. The van der Waals surface area contributed by atoms with E-state index < -0.39 is 11.5 Å². The number of Topliss-reactive ketones (excluding diaryl/α,β-unsaturated/α-hetero) is 1. The molecule has 0 fully saturated rings. The first-order valence-electron chi connectivity index (χ1n) is 10.7. The molecule has 4 nitrogen and oxygen atoms in total. The molecular weight excluding hydrogens is 386 g/mol. The van der Waals surface area contributed by atoms with Gasteiger partial charge in [-0.05, 0) is 30.5 Å². The molecule has 0 spiro atoms. The summed E-state index contributed by atoms with van der Waals surface area (Å²) in [6.07, 6.45) is 1.72. The van der Waals surface area contributed by atoms with Gasteiger partial charge in [-0.1, -0.05) is 85.6 Å². The molecule has 158 valence electrons. The van der Waals surface area contributed by atoms with Crippen LogP contribution in [0, 0.1) is 6.92 Å². The zero-order valence-corrected chi connectivity index (χ0v) is 18.0. The fourth-order valence-corrected chi connectivity index (χ4v) is 4.19. The monoisotopic (exact) mass is 413 g/mol. The van der Waals surface area contributed by atoms with Crippen LogP contribution in [0.3, 0.4) is 0 Å². The first-order chi connectivity index (χ1) is 14.9. The molecule has 0 aromatic heterocycles. The number of aliphatic hydroxyl groups is 1. The second-order valence-corrected chi connectivity index (χ2v) is 8.30. The Morgan fingerprint density at radius 2 is 1.58 bits per heavy atom. The number of carbonyl (C=O) groups is 2. The minimum absolute atomic E-state index is 0.245. The summed E-state index contributed by atoms with van der Waals surface area (Å²) >= 11 is 0. The van der Waals surface area contributed by atoms with E-state index in [0.717, 1.165) is 24.0 Å². The summed E-state index contributed by atoms with van der Waals surface area (Å²) in [5.74, 6) is -0.698. The Morgan fingerprint density at radius 1 is 0.935 bits per heavy atom. The molecule has 3 aromatic carbocycles. The summed E-state index contributed by atoms with van der Waals surface area (Å²) in [7, 11) is 0. The molecule has 0 saturated heterocycles. The number of anilines is 1. The van der Waals surface area contributed by atoms with Crippen LogP contribution in [-0.4, -0.2) is 16.8 Å². The lowest BCUT2D eigenvalue weighted by Gasteiger charge is -2.23. The average Bonchev–Trinajstić information content (AvgIpc) is 2.98. The van der Waals surface area contributed by atoms with Gasteiger partial charge in [0, 0.05) is 11.1 Å². The van der Waals surface area contributed by atoms with Crippen molar-refractivity contribution in [1.82, 2.24) is 0 Å². The molecule has 31 heavy (non-hydrogen) atoms. The number of aryl methyl sites for hydroxylation is 2. The number of amides is 1. The third-order valence-corrected chi connectivity index (χ3v) is 5.93. The largest absolute Gasteiger partial charge is 0.375 e. The number of carbonyl (C=O) groups excluding carboxylic acids is 2. The zero-order valence-electron chi connectivity index (χ0n) is 18.0. The van der Waals surface area contributed by atoms with Gasteiger partial charge in [-0.15, -0.1) is 0 Å². The number of hydrogen-bond donors (Lipinski definition) is 1. The van der Waals surface area contributed by atoms with Gasteiger partial charge in [0.05, 0.1) is 18.7 Å². The maximum absolute atomic E-state index is 13.4. The standard InChI is InChI=1S/C27H27NO3/c1-3-6-20-13-15-22(16-14-20)25(29)17-27(31)23-7-4-5-8-24(23)28(26(27)30)18-21-11-9-19(2)10-12-21/h4-5,7-16,31H,3,6,17-18H2,1-2H3. The van der Waals surface area contributed by atoms with Gasteiger partial charge in [-0.25, -0.2) is 0 Å². The van der Waals surface area contributed by atoms with Crippen molar-refractivity contribution in [3.05, 3.63) is 101 Å². The third kappa shape index (κ3) is 4.04. The molecule has 1 atom stereocenters. The molecule has 4 rings (SSSR count). The van der Waals surface area contributed by atoms with E-state index in [2.05, 4.69) is 6.92 Å². The molecule has 1 aliphatic heterocycles. The topological polar surface area (TPSA) is 57.6 Å². The van der Waals surface area contributed by atoms with Crippen LogP contribution in [0.4, 0.5) is 5.69 Å². The number of hydrogen-bond acceptors (Lipinski definition) is 3. The minimum atomic E-state index is -1.86. The zero-order chi connectivity index (χ0) is 22.0. The van der Waals surface area contributed by atoms with Crippen LogP contribution < -0.4 is 4.90 Å². The highest BCUT2D eigenvalue weighted by Crippen LogP contribution is 2.43. The molecule has 1 heterocycles. The summed E-state index contributed by atoms with van der Waals surface area (Å²) < 4.78 is 0. The van der Waals surface area contributed by atoms with Gasteiger partial charge in [0.25, 0.3) is 5.91 Å². The Bertz CT molecular complexity index is 1100. The van der Waals surface area contributed by atoms with Crippen LogP contribution in [0.25, 0.3) is 0 Å². The van der Waals surface area contributed by atoms with E-state index in [0.29, 0.717) is 23.4 Å². The van der Waals surface area contributed by atoms with Crippen LogP contribution in [0.2, 0.25) is 0 Å². The number of para-hydroxylation sites is 1. The predicted molar refractivity (Wildman–Crippen MR) is 122 cm³/mol. The van der Waals surface area contributed by atoms with Crippen molar-refractivity contribution in [3.63, 3.8) is 0 Å². The molecule has 0 saturated carbocycles. The number of rotatable bonds is 7. The molecule has 3 aromatic rings. The van der Waals surface area contributed by atoms with Gasteiger partial charge in [0.2, 0.25) is 0 Å². The average molecular weight is 414 g/mol. The molecular formula is C27H27NO3. The second-order valence-electron chi connectivity index (χ2n) is 8.30. The minimum Gasteiger partial charge on any atom is -0.375 e. The lowest BCUT2D eigenvalue weighted by molar-refractivity contribution is -0.136. The molecule has 0 bridgehead atoms. The van der Waals surface area contributed by atoms with Crippen molar-refractivity contribution in [1.29, 1.82) is 0 Å². The Morgan fingerprint density at radius 3 is 2.26 bits per heavy atom. The highest BCUT2D eigenvalue weighted by Gasteiger charge is 2.50. The van der Waals surface area contributed by atoms with Gasteiger partial charge in [-0.3, -0.25) is 9.59 Å². The Hall–Kier alpha value is -3.24. The van der Waals surface area contributed by atoms with Crippen molar-refractivity contribution in [2.75, 3.05) is 4.90 Å². The Balaban J connectivity index is 1.61. The summed E-state index contributed by atoms with van der Waals surface area (Å²) in [6.45, 7) is 4.47. The molecule has 0 aliphatic carbocycles. The summed E-state index contributed by atoms with van der Waals surface area (Å²) in [4.78, 5) is 28.0. The molecule has 1 amide bonds.